The molecular formula is C18H12F3N3O. The molecule has 0 aliphatic carbocycles. The smallest absolute Gasteiger partial charge is 0.307 e. The van der Waals surface area contributed by atoms with Gasteiger partial charge in [-0.3, -0.25) is 9.78 Å². The van der Waals surface area contributed by atoms with Gasteiger partial charge in [0.1, 0.15) is 5.82 Å². The number of carbonyl (C=O) groups is 1. The van der Waals surface area contributed by atoms with E-state index in [9.17, 15) is 18.0 Å². The Labute approximate surface area is 141 Å². The fourth-order valence-corrected chi connectivity index (χ4v) is 2.34. The van der Waals surface area contributed by atoms with E-state index in [1.165, 1.54) is 61.1 Å². The molecule has 1 amide bonds. The van der Waals surface area contributed by atoms with E-state index in [1.54, 1.807) is 0 Å². The summed E-state index contributed by atoms with van der Waals surface area (Å²) in [6.45, 7) is 0. The van der Waals surface area contributed by atoms with Crippen molar-refractivity contribution >= 4 is 11.7 Å². The van der Waals surface area contributed by atoms with Crippen molar-refractivity contribution in [1.29, 1.82) is 0 Å². The fourth-order valence-electron chi connectivity index (χ4n) is 2.34. The predicted octanol–water partition coefficient (Wildman–Crippen LogP) is 4.41. The average molecular weight is 343 g/mol. The second-order valence-corrected chi connectivity index (χ2v) is 5.16. The minimum Gasteiger partial charge on any atom is -0.307 e. The molecule has 0 unspecified atom stereocenters. The largest absolute Gasteiger partial charge is 0.417 e. The molecule has 0 radical (unpaired) electrons. The zero-order chi connectivity index (χ0) is 17.9. The van der Waals surface area contributed by atoms with Crippen molar-refractivity contribution in [3.63, 3.8) is 0 Å². The summed E-state index contributed by atoms with van der Waals surface area (Å²) in [5, 5.41) is 2.57. The number of pyridine rings is 2. The minimum absolute atomic E-state index is 0.0248. The molecular weight excluding hydrogens is 331 g/mol. The Morgan fingerprint density at radius 3 is 2.40 bits per heavy atom. The molecule has 4 nitrogen and oxygen atoms in total. The number of halogens is 3. The molecule has 2 aromatic heterocycles. The SMILES string of the molecule is O=C(Nc1cc(-c2ccccc2C(F)(F)F)ccn1)c1ccncc1. The molecule has 0 atom stereocenters. The number of benzene rings is 1. The summed E-state index contributed by atoms with van der Waals surface area (Å²) in [6.07, 6.45) is -0.179. The maximum absolute atomic E-state index is 13.2. The Hall–Kier alpha value is -3.22. The summed E-state index contributed by atoms with van der Waals surface area (Å²) in [5.41, 5.74) is -0.0322. The van der Waals surface area contributed by atoms with Crippen LogP contribution in [0.2, 0.25) is 0 Å². The lowest BCUT2D eigenvalue weighted by atomic mass is 10.00. The van der Waals surface area contributed by atoms with Crippen molar-refractivity contribution in [2.45, 2.75) is 6.18 Å². The molecule has 2 heterocycles. The van der Waals surface area contributed by atoms with Crippen LogP contribution in [0, 0.1) is 0 Å². The molecule has 0 aliphatic rings. The highest BCUT2D eigenvalue weighted by molar-refractivity contribution is 6.03. The van der Waals surface area contributed by atoms with Gasteiger partial charge in [0.15, 0.2) is 0 Å². The molecule has 0 aliphatic heterocycles. The van der Waals surface area contributed by atoms with Crippen molar-refractivity contribution in [2.75, 3.05) is 5.32 Å². The van der Waals surface area contributed by atoms with Crippen molar-refractivity contribution < 1.29 is 18.0 Å². The molecule has 1 N–H and O–H groups in total. The highest BCUT2D eigenvalue weighted by Gasteiger charge is 2.33. The molecule has 25 heavy (non-hydrogen) atoms. The van der Waals surface area contributed by atoms with Crippen LogP contribution in [0.1, 0.15) is 15.9 Å². The molecule has 0 fully saturated rings. The van der Waals surface area contributed by atoms with E-state index in [0.717, 1.165) is 6.07 Å². The van der Waals surface area contributed by atoms with Crippen LogP contribution in [0.4, 0.5) is 19.0 Å². The monoisotopic (exact) mass is 343 g/mol. The first-order valence-corrected chi connectivity index (χ1v) is 7.29. The summed E-state index contributed by atoms with van der Waals surface area (Å²) in [5.74, 6) is -0.257. The van der Waals surface area contributed by atoms with E-state index in [-0.39, 0.29) is 11.4 Å². The molecule has 7 heteroatoms. The van der Waals surface area contributed by atoms with Gasteiger partial charge in [-0.2, -0.15) is 13.2 Å². The van der Waals surface area contributed by atoms with Gasteiger partial charge in [0.05, 0.1) is 5.56 Å². The van der Waals surface area contributed by atoms with Crippen molar-refractivity contribution in [1.82, 2.24) is 9.97 Å². The predicted molar refractivity (Wildman–Crippen MR) is 86.9 cm³/mol. The second kappa shape index (κ2) is 6.72. The van der Waals surface area contributed by atoms with Gasteiger partial charge < -0.3 is 5.32 Å². The van der Waals surface area contributed by atoms with Crippen LogP contribution < -0.4 is 5.32 Å². The first-order valence-electron chi connectivity index (χ1n) is 7.29. The van der Waals surface area contributed by atoms with Crippen molar-refractivity contribution in [3.05, 3.63) is 78.2 Å². The van der Waals surface area contributed by atoms with Crippen molar-refractivity contribution in [3.8, 4) is 11.1 Å². The Bertz CT molecular complexity index is 895. The summed E-state index contributed by atoms with van der Waals surface area (Å²) in [4.78, 5) is 19.9. The lowest BCUT2D eigenvalue weighted by Crippen LogP contribution is -2.13. The molecule has 1 aromatic carbocycles. The first kappa shape index (κ1) is 16.6. The van der Waals surface area contributed by atoms with E-state index in [1.807, 2.05) is 0 Å². The quantitative estimate of drug-likeness (QED) is 0.766. The molecule has 3 aromatic rings. The van der Waals surface area contributed by atoms with Crippen LogP contribution in [0.15, 0.2) is 67.1 Å². The van der Waals surface area contributed by atoms with Gasteiger partial charge in [0.25, 0.3) is 5.91 Å². The highest BCUT2D eigenvalue weighted by Crippen LogP contribution is 2.37. The number of carbonyl (C=O) groups excluding carboxylic acids is 1. The third-order valence-corrected chi connectivity index (χ3v) is 3.49. The van der Waals surface area contributed by atoms with Gasteiger partial charge >= 0.3 is 6.18 Å². The first-order chi connectivity index (χ1) is 11.9. The molecule has 0 saturated carbocycles. The standard InChI is InChI=1S/C18H12F3N3O/c19-18(20,21)15-4-2-1-3-14(15)13-7-10-23-16(11-13)24-17(25)12-5-8-22-9-6-12/h1-11H,(H,23,24,25). The van der Waals surface area contributed by atoms with Gasteiger partial charge in [-0.1, -0.05) is 18.2 Å². The Kier molecular flexibility index (Phi) is 4.47. The zero-order valence-corrected chi connectivity index (χ0v) is 12.8. The Morgan fingerprint density at radius 1 is 0.960 bits per heavy atom. The third kappa shape index (κ3) is 3.82. The van der Waals surface area contributed by atoms with Gasteiger partial charge in [0, 0.05) is 24.2 Å². The van der Waals surface area contributed by atoms with E-state index in [4.69, 9.17) is 0 Å². The maximum atomic E-state index is 13.2. The van der Waals surface area contributed by atoms with Crippen LogP contribution in [0.3, 0.4) is 0 Å². The van der Waals surface area contributed by atoms with Gasteiger partial charge in [-0.05, 0) is 41.5 Å². The third-order valence-electron chi connectivity index (χ3n) is 3.49. The van der Waals surface area contributed by atoms with E-state index in [2.05, 4.69) is 15.3 Å². The Balaban J connectivity index is 1.92. The summed E-state index contributed by atoms with van der Waals surface area (Å²) < 4.78 is 39.5. The van der Waals surface area contributed by atoms with Crippen LogP contribution in [-0.2, 0) is 6.18 Å². The summed E-state index contributed by atoms with van der Waals surface area (Å²) in [7, 11) is 0. The van der Waals surface area contributed by atoms with E-state index in [0.29, 0.717) is 11.1 Å². The normalized spacial score (nSPS) is 11.2. The average Bonchev–Trinajstić information content (AvgIpc) is 2.62. The second-order valence-electron chi connectivity index (χ2n) is 5.16. The number of anilines is 1. The number of rotatable bonds is 3. The van der Waals surface area contributed by atoms with E-state index >= 15 is 0 Å². The zero-order valence-electron chi connectivity index (χ0n) is 12.8. The Morgan fingerprint density at radius 2 is 1.68 bits per heavy atom. The molecule has 0 saturated heterocycles. The van der Waals surface area contributed by atoms with Gasteiger partial charge in [-0.25, -0.2) is 4.98 Å². The highest BCUT2D eigenvalue weighted by atomic mass is 19.4. The fraction of sp³-hybridized carbons (Fsp3) is 0.0556. The van der Waals surface area contributed by atoms with E-state index < -0.39 is 17.6 Å². The van der Waals surface area contributed by atoms with Gasteiger partial charge in [0.2, 0.25) is 0 Å². The number of aromatic nitrogens is 2. The van der Waals surface area contributed by atoms with Crippen LogP contribution in [0.5, 0.6) is 0 Å². The number of hydrogen-bond donors (Lipinski definition) is 1. The number of alkyl halides is 3. The van der Waals surface area contributed by atoms with Gasteiger partial charge in [-0.15, -0.1) is 0 Å². The van der Waals surface area contributed by atoms with Crippen LogP contribution >= 0.6 is 0 Å². The molecule has 126 valence electrons. The topological polar surface area (TPSA) is 54.9 Å². The number of hydrogen-bond acceptors (Lipinski definition) is 3. The molecule has 3 rings (SSSR count). The lowest BCUT2D eigenvalue weighted by Gasteiger charge is -2.13. The molecule has 0 bridgehead atoms. The number of nitrogens with one attached hydrogen (secondary N) is 1. The summed E-state index contributed by atoms with van der Waals surface area (Å²) in [6, 6.07) is 11.2. The summed E-state index contributed by atoms with van der Waals surface area (Å²) >= 11 is 0. The van der Waals surface area contributed by atoms with Crippen LogP contribution in [0.25, 0.3) is 11.1 Å². The van der Waals surface area contributed by atoms with Crippen LogP contribution in [-0.4, -0.2) is 15.9 Å². The van der Waals surface area contributed by atoms with Crippen molar-refractivity contribution in [2.24, 2.45) is 0 Å². The lowest BCUT2D eigenvalue weighted by molar-refractivity contribution is -0.137. The number of amides is 1. The minimum atomic E-state index is -4.47. The maximum Gasteiger partial charge on any atom is 0.417 e. The molecule has 0 spiro atoms. The number of nitrogens with zero attached hydrogens (tertiary/aromatic N) is 2.